The first-order chi connectivity index (χ1) is 11.3. The van der Waals surface area contributed by atoms with Gasteiger partial charge in [0.2, 0.25) is 0 Å². The van der Waals surface area contributed by atoms with Crippen LogP contribution < -0.4 is 18.7 Å². The highest BCUT2D eigenvalue weighted by molar-refractivity contribution is 7.94. The maximum absolute atomic E-state index is 12.3. The van der Waals surface area contributed by atoms with E-state index < -0.39 is 10.2 Å². The molecule has 0 atom stereocenters. The highest BCUT2D eigenvalue weighted by atomic mass is 32.2. The molecule has 1 N–H and O–H groups in total. The third-order valence-corrected chi connectivity index (χ3v) is 5.71. The highest BCUT2D eigenvalue weighted by Gasteiger charge is 2.35. The normalized spacial score (nSPS) is 15.1. The van der Waals surface area contributed by atoms with Gasteiger partial charge in [0.15, 0.2) is 0 Å². The molecule has 24 heavy (non-hydrogen) atoms. The van der Waals surface area contributed by atoms with Crippen molar-refractivity contribution in [3.05, 3.63) is 48.0 Å². The Kier molecular flexibility index (Phi) is 3.84. The molecule has 0 spiro atoms. The van der Waals surface area contributed by atoms with Crippen LogP contribution >= 0.6 is 0 Å². The minimum Gasteiger partial charge on any atom is -0.497 e. The van der Waals surface area contributed by atoms with E-state index in [1.54, 1.807) is 42.5 Å². The minimum atomic E-state index is -3.53. The van der Waals surface area contributed by atoms with Crippen LogP contribution in [0.3, 0.4) is 0 Å². The molecule has 1 heterocycles. The summed E-state index contributed by atoms with van der Waals surface area (Å²) in [5, 5.41) is 2.77. The first-order valence-corrected chi connectivity index (χ1v) is 8.56. The summed E-state index contributed by atoms with van der Waals surface area (Å²) in [6, 6.07) is 11.8. The van der Waals surface area contributed by atoms with Crippen molar-refractivity contribution in [2.75, 3.05) is 35.1 Å². The van der Waals surface area contributed by atoms with E-state index in [1.807, 2.05) is 0 Å². The highest BCUT2D eigenvalue weighted by Crippen LogP contribution is 2.40. The molecule has 0 unspecified atom stereocenters. The Hall–Kier alpha value is -2.74. The number of fused-ring (bicyclic) bond motifs is 1. The number of methoxy groups -OCH3 is 1. The summed E-state index contributed by atoms with van der Waals surface area (Å²) >= 11 is 0. The second-order valence-electron chi connectivity index (χ2n) is 5.33. The van der Waals surface area contributed by atoms with Crippen molar-refractivity contribution in [2.45, 2.75) is 0 Å². The molecule has 2 aromatic rings. The summed E-state index contributed by atoms with van der Waals surface area (Å²) in [5.74, 6) is 0.287. The quantitative estimate of drug-likeness (QED) is 0.922. The fourth-order valence-corrected chi connectivity index (χ4v) is 3.68. The summed E-state index contributed by atoms with van der Waals surface area (Å²) < 4.78 is 31.7. The maximum atomic E-state index is 12.3. The van der Waals surface area contributed by atoms with Gasteiger partial charge < -0.3 is 10.1 Å². The number of hydrogen-bond acceptors (Lipinski definition) is 4. The van der Waals surface area contributed by atoms with Gasteiger partial charge in [0, 0.05) is 25.3 Å². The molecule has 0 aliphatic carbocycles. The van der Waals surface area contributed by atoms with Crippen molar-refractivity contribution in [2.24, 2.45) is 0 Å². The van der Waals surface area contributed by atoms with Crippen molar-refractivity contribution in [1.29, 1.82) is 0 Å². The van der Waals surface area contributed by atoms with Crippen LogP contribution in [0.5, 0.6) is 5.75 Å². The van der Waals surface area contributed by atoms with Gasteiger partial charge in [-0.05, 0) is 36.4 Å². The predicted octanol–water partition coefficient (Wildman–Crippen LogP) is 2.08. The molecule has 126 valence electrons. The number of hydrogen-bond donors (Lipinski definition) is 1. The van der Waals surface area contributed by atoms with E-state index in [0.717, 1.165) is 0 Å². The van der Waals surface area contributed by atoms with Crippen LogP contribution in [-0.2, 0) is 10.2 Å². The smallest absolute Gasteiger partial charge is 0.326 e. The number of carbonyl (C=O) groups is 1. The number of nitrogens with zero attached hydrogens (tertiary/aromatic N) is 2. The molecule has 3 rings (SSSR count). The van der Waals surface area contributed by atoms with Gasteiger partial charge in [0.25, 0.3) is 5.91 Å². The third kappa shape index (κ3) is 2.54. The zero-order valence-electron chi connectivity index (χ0n) is 13.5. The minimum absolute atomic E-state index is 0.300. The first-order valence-electron chi connectivity index (χ1n) is 7.17. The molecule has 0 radical (unpaired) electrons. The Morgan fingerprint density at radius 2 is 1.75 bits per heavy atom. The standard InChI is InChI=1S/C16H17N3O4S/c1-18-14-8-7-12(10-15(14)19(2)24(18,21)22)17-16(20)11-5-4-6-13(9-11)23-3/h4-10H,1-3H3,(H,17,20). The average molecular weight is 347 g/mol. The zero-order chi connectivity index (χ0) is 17.5. The van der Waals surface area contributed by atoms with Gasteiger partial charge in [-0.1, -0.05) is 6.07 Å². The van der Waals surface area contributed by atoms with E-state index in [0.29, 0.717) is 28.4 Å². The SMILES string of the molecule is COc1cccc(C(=O)Nc2ccc3c(c2)N(C)S(=O)(=O)N3C)c1. The molecule has 1 aliphatic rings. The van der Waals surface area contributed by atoms with E-state index in [2.05, 4.69) is 5.32 Å². The lowest BCUT2D eigenvalue weighted by atomic mass is 10.2. The number of carbonyl (C=O) groups excluding carboxylic acids is 1. The van der Waals surface area contributed by atoms with Crippen molar-refractivity contribution in [3.8, 4) is 5.75 Å². The molecule has 2 aromatic carbocycles. The van der Waals surface area contributed by atoms with E-state index in [-0.39, 0.29) is 5.91 Å². The van der Waals surface area contributed by atoms with Crippen LogP contribution in [0.1, 0.15) is 10.4 Å². The lowest BCUT2D eigenvalue weighted by molar-refractivity contribution is 0.102. The van der Waals surface area contributed by atoms with Crippen molar-refractivity contribution in [3.63, 3.8) is 0 Å². The number of anilines is 3. The molecule has 1 amide bonds. The number of benzene rings is 2. The van der Waals surface area contributed by atoms with Crippen LogP contribution in [0.4, 0.5) is 17.1 Å². The Morgan fingerprint density at radius 1 is 1.04 bits per heavy atom. The van der Waals surface area contributed by atoms with Crippen molar-refractivity contribution < 1.29 is 17.9 Å². The molecular weight excluding hydrogens is 330 g/mol. The third-order valence-electron chi connectivity index (χ3n) is 3.94. The molecule has 0 saturated carbocycles. The van der Waals surface area contributed by atoms with Gasteiger partial charge in [0.1, 0.15) is 5.75 Å². The molecule has 0 bridgehead atoms. The van der Waals surface area contributed by atoms with Gasteiger partial charge in [-0.15, -0.1) is 0 Å². The summed E-state index contributed by atoms with van der Waals surface area (Å²) in [7, 11) is 0.970. The average Bonchev–Trinajstić information content (AvgIpc) is 2.75. The molecule has 1 aliphatic heterocycles. The number of ether oxygens (including phenoxy) is 1. The summed E-state index contributed by atoms with van der Waals surface area (Å²) in [5.41, 5.74) is 2.05. The summed E-state index contributed by atoms with van der Waals surface area (Å²) in [6.07, 6.45) is 0. The van der Waals surface area contributed by atoms with Gasteiger partial charge in [-0.2, -0.15) is 8.42 Å². The van der Waals surface area contributed by atoms with Gasteiger partial charge in [-0.25, -0.2) is 0 Å². The van der Waals surface area contributed by atoms with E-state index in [1.165, 1.54) is 29.8 Å². The Balaban J connectivity index is 1.88. The lowest BCUT2D eigenvalue weighted by Gasteiger charge is -2.13. The van der Waals surface area contributed by atoms with Gasteiger partial charge in [-0.3, -0.25) is 13.4 Å². The molecule has 8 heteroatoms. The fourth-order valence-electron chi connectivity index (χ4n) is 2.52. The molecule has 0 saturated heterocycles. The zero-order valence-corrected chi connectivity index (χ0v) is 14.3. The summed E-state index contributed by atoms with van der Waals surface area (Å²) in [4.78, 5) is 12.3. The second kappa shape index (κ2) is 5.72. The topological polar surface area (TPSA) is 79.0 Å². The number of rotatable bonds is 3. The van der Waals surface area contributed by atoms with Crippen molar-refractivity contribution >= 4 is 33.2 Å². The summed E-state index contributed by atoms with van der Waals surface area (Å²) in [6.45, 7) is 0. The van der Waals surface area contributed by atoms with Crippen LogP contribution in [-0.4, -0.2) is 35.5 Å². The van der Waals surface area contributed by atoms with Gasteiger partial charge in [0.05, 0.1) is 18.5 Å². The van der Waals surface area contributed by atoms with E-state index >= 15 is 0 Å². The Morgan fingerprint density at radius 3 is 2.46 bits per heavy atom. The molecule has 0 aromatic heterocycles. The van der Waals surface area contributed by atoms with Gasteiger partial charge >= 0.3 is 10.2 Å². The number of nitrogens with one attached hydrogen (secondary N) is 1. The van der Waals surface area contributed by atoms with Crippen LogP contribution in [0, 0.1) is 0 Å². The Bertz CT molecular complexity index is 911. The largest absolute Gasteiger partial charge is 0.497 e. The molecule has 0 fully saturated rings. The van der Waals surface area contributed by atoms with E-state index in [9.17, 15) is 13.2 Å². The maximum Gasteiger partial charge on any atom is 0.326 e. The predicted molar refractivity (Wildman–Crippen MR) is 93.1 cm³/mol. The molecule has 7 nitrogen and oxygen atoms in total. The number of amides is 1. The Labute approximate surface area is 140 Å². The van der Waals surface area contributed by atoms with Crippen LogP contribution in [0.25, 0.3) is 0 Å². The lowest BCUT2D eigenvalue weighted by Crippen LogP contribution is -2.32. The second-order valence-corrected chi connectivity index (χ2v) is 7.32. The van der Waals surface area contributed by atoms with Crippen LogP contribution in [0.2, 0.25) is 0 Å². The van der Waals surface area contributed by atoms with E-state index in [4.69, 9.17) is 4.74 Å². The molecular formula is C16H17N3O4S. The monoisotopic (exact) mass is 347 g/mol. The fraction of sp³-hybridized carbons (Fsp3) is 0.188. The van der Waals surface area contributed by atoms with Crippen LogP contribution in [0.15, 0.2) is 42.5 Å². The van der Waals surface area contributed by atoms with Crippen molar-refractivity contribution in [1.82, 2.24) is 0 Å². The first kappa shape index (κ1) is 16.1.